The van der Waals surface area contributed by atoms with Gasteiger partial charge in [0, 0.05) is 17.3 Å². The highest BCUT2D eigenvalue weighted by atomic mass is 16.4. The summed E-state index contributed by atoms with van der Waals surface area (Å²) >= 11 is 0. The maximum atomic E-state index is 12.6. The van der Waals surface area contributed by atoms with E-state index in [1.807, 2.05) is 35.0 Å². The highest BCUT2D eigenvalue weighted by molar-refractivity contribution is 5.94. The molecular weight excluding hydrogens is 306 g/mol. The molecule has 2 aliphatic rings. The van der Waals surface area contributed by atoms with Crippen molar-refractivity contribution in [3.05, 3.63) is 47.3 Å². The first kappa shape index (κ1) is 14.9. The molecule has 1 amide bonds. The lowest BCUT2D eigenvalue weighted by molar-refractivity contribution is -0.145. The van der Waals surface area contributed by atoms with Gasteiger partial charge in [-0.1, -0.05) is 18.2 Å². The molecule has 1 fully saturated rings. The van der Waals surface area contributed by atoms with E-state index in [0.29, 0.717) is 18.5 Å². The van der Waals surface area contributed by atoms with Crippen LogP contribution in [0.15, 0.2) is 30.3 Å². The quantitative estimate of drug-likeness (QED) is 0.900. The Labute approximate surface area is 139 Å². The molecule has 2 aliphatic carbocycles. The molecule has 2 aromatic rings. The lowest BCUT2D eigenvalue weighted by Crippen LogP contribution is -2.47. The van der Waals surface area contributed by atoms with E-state index in [4.69, 9.17) is 5.11 Å². The SMILES string of the molecule is O=C(NC1CC(C(=O)O)C1)c1nn(-c2ccccc2)c2c1CCC2. The van der Waals surface area contributed by atoms with Gasteiger partial charge in [-0.05, 0) is 44.2 Å². The molecule has 0 aliphatic heterocycles. The fourth-order valence-electron chi connectivity index (χ4n) is 3.59. The molecule has 0 bridgehead atoms. The lowest BCUT2D eigenvalue weighted by atomic mass is 9.80. The van der Waals surface area contributed by atoms with Crippen LogP contribution in [0.25, 0.3) is 5.69 Å². The summed E-state index contributed by atoms with van der Waals surface area (Å²) in [5, 5.41) is 16.4. The smallest absolute Gasteiger partial charge is 0.306 e. The summed E-state index contributed by atoms with van der Waals surface area (Å²) in [7, 11) is 0. The highest BCUT2D eigenvalue weighted by Crippen LogP contribution is 2.30. The molecular formula is C18H19N3O3. The van der Waals surface area contributed by atoms with Gasteiger partial charge in [-0.2, -0.15) is 5.10 Å². The second kappa shape index (κ2) is 5.78. The molecule has 0 unspecified atom stereocenters. The number of aliphatic carboxylic acids is 1. The number of carboxylic acids is 1. The number of fused-ring (bicyclic) bond motifs is 1. The minimum atomic E-state index is -0.783. The summed E-state index contributed by atoms with van der Waals surface area (Å²) < 4.78 is 1.87. The number of carbonyl (C=O) groups is 2. The van der Waals surface area contributed by atoms with Gasteiger partial charge in [-0.25, -0.2) is 4.68 Å². The third-order valence-corrected chi connectivity index (χ3v) is 4.97. The fourth-order valence-corrected chi connectivity index (χ4v) is 3.59. The van der Waals surface area contributed by atoms with E-state index in [9.17, 15) is 9.59 Å². The van der Waals surface area contributed by atoms with Crippen molar-refractivity contribution < 1.29 is 14.7 Å². The number of aromatic nitrogens is 2. The molecule has 6 heteroatoms. The first-order chi connectivity index (χ1) is 11.6. The van der Waals surface area contributed by atoms with Crippen LogP contribution in [0.2, 0.25) is 0 Å². The van der Waals surface area contributed by atoms with Crippen LogP contribution in [0.4, 0.5) is 0 Å². The predicted molar refractivity (Wildman–Crippen MR) is 87.2 cm³/mol. The standard InChI is InChI=1S/C18H19N3O3/c22-17(19-12-9-11(10-12)18(23)24)16-14-7-4-8-15(14)21(20-16)13-5-2-1-3-6-13/h1-3,5-6,11-12H,4,7-10H2,(H,19,22)(H,23,24). The maximum Gasteiger partial charge on any atom is 0.306 e. The maximum absolute atomic E-state index is 12.6. The third kappa shape index (κ3) is 2.48. The monoisotopic (exact) mass is 325 g/mol. The average molecular weight is 325 g/mol. The van der Waals surface area contributed by atoms with Crippen molar-refractivity contribution in [3.8, 4) is 5.69 Å². The van der Waals surface area contributed by atoms with E-state index < -0.39 is 5.97 Å². The minimum absolute atomic E-state index is 0.0578. The topological polar surface area (TPSA) is 84.2 Å². The zero-order chi connectivity index (χ0) is 16.7. The Balaban J connectivity index is 1.56. The summed E-state index contributed by atoms with van der Waals surface area (Å²) in [6.07, 6.45) is 3.83. The molecule has 2 N–H and O–H groups in total. The number of rotatable bonds is 4. The Hall–Kier alpha value is -2.63. The number of benzene rings is 1. The van der Waals surface area contributed by atoms with Gasteiger partial charge in [-0.3, -0.25) is 9.59 Å². The Morgan fingerprint density at radius 2 is 1.92 bits per heavy atom. The first-order valence-corrected chi connectivity index (χ1v) is 8.33. The number of carbonyl (C=O) groups excluding carboxylic acids is 1. The van der Waals surface area contributed by atoms with Gasteiger partial charge in [0.2, 0.25) is 0 Å². The molecule has 0 spiro atoms. The van der Waals surface area contributed by atoms with E-state index in [1.165, 1.54) is 0 Å². The van der Waals surface area contributed by atoms with Crippen molar-refractivity contribution in [2.45, 2.75) is 38.1 Å². The summed E-state index contributed by atoms with van der Waals surface area (Å²) in [6, 6.07) is 9.78. The summed E-state index contributed by atoms with van der Waals surface area (Å²) in [5.74, 6) is -1.30. The van der Waals surface area contributed by atoms with E-state index in [0.717, 1.165) is 36.2 Å². The molecule has 0 saturated heterocycles. The van der Waals surface area contributed by atoms with E-state index in [-0.39, 0.29) is 17.9 Å². The van der Waals surface area contributed by atoms with Crippen molar-refractivity contribution in [3.63, 3.8) is 0 Å². The van der Waals surface area contributed by atoms with Gasteiger partial charge < -0.3 is 10.4 Å². The predicted octanol–water partition coefficient (Wildman–Crippen LogP) is 1.95. The summed E-state index contributed by atoms with van der Waals surface area (Å²) in [6.45, 7) is 0. The molecule has 0 radical (unpaired) electrons. The number of nitrogens with zero attached hydrogens (tertiary/aromatic N) is 2. The number of amides is 1. The first-order valence-electron chi connectivity index (χ1n) is 8.33. The van der Waals surface area contributed by atoms with Crippen molar-refractivity contribution in [1.82, 2.24) is 15.1 Å². The van der Waals surface area contributed by atoms with Crippen molar-refractivity contribution in [2.24, 2.45) is 5.92 Å². The molecule has 1 aromatic carbocycles. The third-order valence-electron chi connectivity index (χ3n) is 4.97. The molecule has 4 rings (SSSR count). The number of carboxylic acid groups (broad SMARTS) is 1. The van der Waals surface area contributed by atoms with Crippen LogP contribution in [-0.4, -0.2) is 32.8 Å². The van der Waals surface area contributed by atoms with Gasteiger partial charge in [0.1, 0.15) is 0 Å². The number of para-hydroxylation sites is 1. The summed E-state index contributed by atoms with van der Waals surface area (Å²) in [5.41, 5.74) is 3.60. The largest absolute Gasteiger partial charge is 0.481 e. The zero-order valence-electron chi connectivity index (χ0n) is 13.2. The molecule has 124 valence electrons. The van der Waals surface area contributed by atoms with Gasteiger partial charge in [-0.15, -0.1) is 0 Å². The second-order valence-electron chi connectivity index (χ2n) is 6.55. The Bertz CT molecular complexity index is 791. The van der Waals surface area contributed by atoms with Crippen LogP contribution in [-0.2, 0) is 17.6 Å². The molecule has 0 atom stereocenters. The van der Waals surface area contributed by atoms with Crippen molar-refractivity contribution in [1.29, 1.82) is 0 Å². The lowest BCUT2D eigenvalue weighted by Gasteiger charge is -2.32. The van der Waals surface area contributed by atoms with Gasteiger partial charge in [0.05, 0.1) is 11.6 Å². The van der Waals surface area contributed by atoms with E-state index in [1.54, 1.807) is 0 Å². The van der Waals surface area contributed by atoms with Gasteiger partial charge in [0.25, 0.3) is 5.91 Å². The van der Waals surface area contributed by atoms with Crippen molar-refractivity contribution in [2.75, 3.05) is 0 Å². The fraction of sp³-hybridized carbons (Fsp3) is 0.389. The average Bonchev–Trinajstić information content (AvgIpc) is 3.12. The van der Waals surface area contributed by atoms with Gasteiger partial charge in [0.15, 0.2) is 5.69 Å². The number of hydrogen-bond acceptors (Lipinski definition) is 3. The molecule has 24 heavy (non-hydrogen) atoms. The Morgan fingerprint density at radius 1 is 1.17 bits per heavy atom. The van der Waals surface area contributed by atoms with Crippen LogP contribution in [0.1, 0.15) is 41.0 Å². The van der Waals surface area contributed by atoms with Crippen LogP contribution in [0, 0.1) is 5.92 Å². The van der Waals surface area contributed by atoms with Crippen molar-refractivity contribution >= 4 is 11.9 Å². The van der Waals surface area contributed by atoms with Crippen LogP contribution in [0.3, 0.4) is 0 Å². The normalized spacial score (nSPS) is 21.8. The number of hydrogen-bond donors (Lipinski definition) is 2. The molecule has 1 heterocycles. The highest BCUT2D eigenvalue weighted by Gasteiger charge is 2.36. The van der Waals surface area contributed by atoms with E-state index >= 15 is 0 Å². The van der Waals surface area contributed by atoms with Gasteiger partial charge >= 0.3 is 5.97 Å². The Morgan fingerprint density at radius 3 is 2.62 bits per heavy atom. The minimum Gasteiger partial charge on any atom is -0.481 e. The molecule has 1 aromatic heterocycles. The van der Waals surface area contributed by atoms with Crippen LogP contribution in [0.5, 0.6) is 0 Å². The second-order valence-corrected chi connectivity index (χ2v) is 6.55. The molecule has 6 nitrogen and oxygen atoms in total. The zero-order valence-corrected chi connectivity index (χ0v) is 13.2. The van der Waals surface area contributed by atoms with Crippen LogP contribution >= 0.6 is 0 Å². The number of nitrogens with one attached hydrogen (secondary N) is 1. The van der Waals surface area contributed by atoms with Crippen LogP contribution < -0.4 is 5.32 Å². The van der Waals surface area contributed by atoms with E-state index in [2.05, 4.69) is 10.4 Å². The summed E-state index contributed by atoms with van der Waals surface area (Å²) in [4.78, 5) is 23.5. The molecule has 1 saturated carbocycles. The Kier molecular flexibility index (Phi) is 3.59.